The van der Waals surface area contributed by atoms with Gasteiger partial charge in [0.25, 0.3) is 5.91 Å². The van der Waals surface area contributed by atoms with E-state index in [-0.39, 0.29) is 18.0 Å². The normalized spacial score (nSPS) is 16.1. The monoisotopic (exact) mass is 397 g/mol. The highest BCUT2D eigenvalue weighted by atomic mass is 19.1. The second-order valence-electron chi connectivity index (χ2n) is 7.06. The van der Waals surface area contributed by atoms with E-state index in [0.29, 0.717) is 5.69 Å². The number of anilines is 2. The number of halogens is 1. The highest BCUT2D eigenvalue weighted by Crippen LogP contribution is 2.21. The summed E-state index contributed by atoms with van der Waals surface area (Å²) in [5.41, 5.74) is 2.11. The molecule has 2 N–H and O–H groups in total. The van der Waals surface area contributed by atoms with Gasteiger partial charge in [0.2, 0.25) is 5.91 Å². The van der Waals surface area contributed by atoms with Crippen molar-refractivity contribution in [1.29, 1.82) is 0 Å². The molecular formula is C22H24FN3O3. The molecule has 3 rings (SSSR count). The maximum atomic E-state index is 13.1. The van der Waals surface area contributed by atoms with E-state index in [1.165, 1.54) is 42.7 Å². The number of urea groups is 1. The third-order valence-corrected chi connectivity index (χ3v) is 4.80. The molecule has 0 bridgehead atoms. The van der Waals surface area contributed by atoms with E-state index >= 15 is 0 Å². The van der Waals surface area contributed by atoms with Gasteiger partial charge in [-0.15, -0.1) is 0 Å². The van der Waals surface area contributed by atoms with Gasteiger partial charge in [-0.1, -0.05) is 31.9 Å². The summed E-state index contributed by atoms with van der Waals surface area (Å²) in [6, 6.07) is 11.1. The second kappa shape index (κ2) is 9.32. The number of benzene rings is 2. The van der Waals surface area contributed by atoms with Gasteiger partial charge in [0.05, 0.1) is 12.1 Å². The van der Waals surface area contributed by atoms with Crippen molar-refractivity contribution in [2.45, 2.75) is 45.1 Å². The highest BCUT2D eigenvalue weighted by molar-refractivity contribution is 6.22. The number of rotatable bonds is 8. The van der Waals surface area contributed by atoms with Crippen LogP contribution in [-0.4, -0.2) is 23.9 Å². The van der Waals surface area contributed by atoms with E-state index in [9.17, 15) is 18.8 Å². The van der Waals surface area contributed by atoms with Crippen molar-refractivity contribution in [2.24, 2.45) is 0 Å². The zero-order valence-corrected chi connectivity index (χ0v) is 16.3. The van der Waals surface area contributed by atoms with E-state index in [2.05, 4.69) is 17.6 Å². The molecule has 4 amide bonds. The summed E-state index contributed by atoms with van der Waals surface area (Å²) in [7, 11) is 0. The molecule has 152 valence electrons. The van der Waals surface area contributed by atoms with Gasteiger partial charge in [0.15, 0.2) is 0 Å². The van der Waals surface area contributed by atoms with Crippen LogP contribution in [0.5, 0.6) is 0 Å². The average molecular weight is 397 g/mol. The molecule has 0 unspecified atom stereocenters. The quantitative estimate of drug-likeness (QED) is 0.522. The summed E-state index contributed by atoms with van der Waals surface area (Å²) in [5, 5.41) is 5.25. The second-order valence-corrected chi connectivity index (χ2v) is 7.06. The van der Waals surface area contributed by atoms with Crippen molar-refractivity contribution in [3.8, 4) is 0 Å². The Bertz CT molecular complexity index is 881. The molecule has 1 saturated heterocycles. The smallest absolute Gasteiger partial charge is 0.326 e. The molecule has 1 atom stereocenters. The summed E-state index contributed by atoms with van der Waals surface area (Å²) < 4.78 is 13.1. The molecule has 0 spiro atoms. The Kier molecular flexibility index (Phi) is 6.59. The number of nitrogens with zero attached hydrogens (tertiary/aromatic N) is 1. The number of hydrogen-bond donors (Lipinski definition) is 2. The predicted octanol–water partition coefficient (Wildman–Crippen LogP) is 4.01. The number of aryl methyl sites for hydroxylation is 1. The van der Waals surface area contributed by atoms with Gasteiger partial charge in [0, 0.05) is 5.69 Å². The van der Waals surface area contributed by atoms with Crippen LogP contribution < -0.4 is 15.5 Å². The molecule has 2 aromatic carbocycles. The fourth-order valence-corrected chi connectivity index (χ4v) is 3.24. The minimum absolute atomic E-state index is 0.180. The molecule has 0 radical (unpaired) electrons. The molecule has 1 fully saturated rings. The van der Waals surface area contributed by atoms with E-state index in [1.807, 2.05) is 24.3 Å². The molecular weight excluding hydrogens is 373 g/mol. The number of hydrogen-bond acceptors (Lipinski definition) is 3. The van der Waals surface area contributed by atoms with E-state index in [1.54, 1.807) is 0 Å². The summed E-state index contributed by atoms with van der Waals surface area (Å²) in [4.78, 5) is 37.9. The molecule has 1 aliphatic rings. The summed E-state index contributed by atoms with van der Waals surface area (Å²) in [6.07, 6.45) is 4.32. The molecule has 2 aromatic rings. The topological polar surface area (TPSA) is 78.5 Å². The zero-order chi connectivity index (χ0) is 20.8. The first-order chi connectivity index (χ1) is 14.0. The number of carbonyl (C=O) groups is 3. The summed E-state index contributed by atoms with van der Waals surface area (Å²) in [5.74, 6) is -1.38. The van der Waals surface area contributed by atoms with E-state index in [0.717, 1.165) is 17.7 Å². The molecule has 1 heterocycles. The number of nitrogens with one attached hydrogen (secondary N) is 2. The first kappa shape index (κ1) is 20.5. The fraction of sp³-hybridized carbons (Fsp3) is 0.318. The van der Waals surface area contributed by atoms with Crippen molar-refractivity contribution in [3.05, 3.63) is 59.9 Å². The van der Waals surface area contributed by atoms with Gasteiger partial charge in [-0.05, 0) is 54.8 Å². The van der Waals surface area contributed by atoms with Gasteiger partial charge in [-0.25, -0.2) is 14.1 Å². The number of carbonyl (C=O) groups excluding carboxylic acids is 3. The summed E-state index contributed by atoms with van der Waals surface area (Å²) in [6.45, 7) is 2.16. The average Bonchev–Trinajstić information content (AvgIpc) is 2.97. The number of unbranched alkanes of at least 4 members (excludes halogenated alkanes) is 2. The standard InChI is InChI=1S/C22H24FN3O3/c1-2-3-4-5-15-6-10-17(11-7-15)24-20(27)14-19-21(28)26(22(29)25-19)18-12-8-16(23)9-13-18/h6-13,19H,2-5,14H2,1H3,(H,24,27)(H,25,29)/t19-/m1/s1. The van der Waals surface area contributed by atoms with Gasteiger partial charge in [-0.2, -0.15) is 0 Å². The van der Waals surface area contributed by atoms with Crippen LogP contribution in [0.4, 0.5) is 20.6 Å². The van der Waals surface area contributed by atoms with Gasteiger partial charge in [-0.3, -0.25) is 9.59 Å². The van der Waals surface area contributed by atoms with Crippen molar-refractivity contribution >= 4 is 29.2 Å². The van der Waals surface area contributed by atoms with Crippen LogP contribution >= 0.6 is 0 Å². The van der Waals surface area contributed by atoms with Gasteiger partial charge in [0.1, 0.15) is 11.9 Å². The minimum atomic E-state index is -0.958. The van der Waals surface area contributed by atoms with E-state index < -0.39 is 23.8 Å². The first-order valence-electron chi connectivity index (χ1n) is 9.76. The highest BCUT2D eigenvalue weighted by Gasteiger charge is 2.40. The Hall–Kier alpha value is -3.22. The zero-order valence-electron chi connectivity index (χ0n) is 16.3. The third-order valence-electron chi connectivity index (χ3n) is 4.80. The SMILES string of the molecule is CCCCCc1ccc(NC(=O)C[C@H]2NC(=O)N(c3ccc(F)cc3)C2=O)cc1. The van der Waals surface area contributed by atoms with Crippen molar-refractivity contribution in [2.75, 3.05) is 10.2 Å². The summed E-state index contributed by atoms with van der Waals surface area (Å²) >= 11 is 0. The van der Waals surface area contributed by atoms with Gasteiger partial charge < -0.3 is 10.6 Å². The molecule has 29 heavy (non-hydrogen) atoms. The Balaban J connectivity index is 1.56. The maximum Gasteiger partial charge on any atom is 0.329 e. The predicted molar refractivity (Wildman–Crippen MR) is 109 cm³/mol. The Morgan fingerprint density at radius 2 is 1.76 bits per heavy atom. The van der Waals surface area contributed by atoms with Crippen LogP contribution in [-0.2, 0) is 16.0 Å². The molecule has 0 aliphatic carbocycles. The lowest BCUT2D eigenvalue weighted by atomic mass is 10.1. The fourth-order valence-electron chi connectivity index (χ4n) is 3.24. The van der Waals surface area contributed by atoms with Crippen molar-refractivity contribution < 1.29 is 18.8 Å². The third kappa shape index (κ3) is 5.19. The first-order valence-corrected chi connectivity index (χ1v) is 9.76. The molecule has 7 heteroatoms. The minimum Gasteiger partial charge on any atom is -0.326 e. The Morgan fingerprint density at radius 3 is 2.41 bits per heavy atom. The molecule has 6 nitrogen and oxygen atoms in total. The Morgan fingerprint density at radius 1 is 1.07 bits per heavy atom. The molecule has 1 aliphatic heterocycles. The van der Waals surface area contributed by atoms with Gasteiger partial charge >= 0.3 is 6.03 Å². The number of amides is 4. The van der Waals surface area contributed by atoms with Crippen LogP contribution in [0.25, 0.3) is 0 Å². The van der Waals surface area contributed by atoms with Crippen LogP contribution in [0.1, 0.15) is 38.2 Å². The van der Waals surface area contributed by atoms with Crippen LogP contribution in [0.15, 0.2) is 48.5 Å². The molecule has 0 saturated carbocycles. The largest absolute Gasteiger partial charge is 0.329 e. The van der Waals surface area contributed by atoms with Crippen molar-refractivity contribution in [3.63, 3.8) is 0 Å². The Labute approximate surface area is 169 Å². The van der Waals surface area contributed by atoms with Crippen molar-refractivity contribution in [1.82, 2.24) is 5.32 Å². The lowest BCUT2D eigenvalue weighted by Gasteiger charge is -2.13. The van der Waals surface area contributed by atoms with Crippen LogP contribution in [0, 0.1) is 5.82 Å². The maximum absolute atomic E-state index is 13.1. The van der Waals surface area contributed by atoms with E-state index in [4.69, 9.17) is 0 Å². The number of imide groups is 1. The lowest BCUT2D eigenvalue weighted by Crippen LogP contribution is -2.34. The molecule has 0 aromatic heterocycles. The lowest BCUT2D eigenvalue weighted by molar-refractivity contribution is -0.122. The van der Waals surface area contributed by atoms with Crippen LogP contribution in [0.2, 0.25) is 0 Å². The van der Waals surface area contributed by atoms with Crippen LogP contribution in [0.3, 0.4) is 0 Å².